The Kier molecular flexibility index (Phi) is 1.71. The van der Waals surface area contributed by atoms with E-state index in [4.69, 9.17) is 5.53 Å². The van der Waals surface area contributed by atoms with Gasteiger partial charge in [-0.15, -0.1) is 0 Å². The van der Waals surface area contributed by atoms with Crippen LogP contribution in [0.4, 0.5) is 14.5 Å². The van der Waals surface area contributed by atoms with Gasteiger partial charge in [0.25, 0.3) is 0 Å². The fourth-order valence-electron chi connectivity index (χ4n) is 0.618. The van der Waals surface area contributed by atoms with Crippen molar-refractivity contribution in [1.82, 2.24) is 0 Å². The number of nitrogens with zero attached hydrogens (tertiary/aromatic N) is 1. The van der Waals surface area contributed by atoms with Crippen molar-refractivity contribution in [2.75, 3.05) is 0 Å². The molecule has 1 aromatic rings. The second-order valence-corrected chi connectivity index (χ2v) is 1.77. The molecule has 4 heteroatoms. The first-order valence-corrected chi connectivity index (χ1v) is 2.58. The van der Waals surface area contributed by atoms with E-state index >= 15 is 0 Å². The maximum atomic E-state index is 12.2. The summed E-state index contributed by atoms with van der Waals surface area (Å²) in [6.45, 7) is 0. The lowest BCUT2D eigenvalue weighted by molar-refractivity contribution is -0.380. The Hall–Kier alpha value is -1.32. The van der Waals surface area contributed by atoms with Crippen molar-refractivity contribution in [2.24, 2.45) is 0 Å². The van der Waals surface area contributed by atoms with Gasteiger partial charge in [-0.05, 0) is 0 Å². The molecule has 0 aliphatic rings. The van der Waals surface area contributed by atoms with E-state index in [1.807, 2.05) is 0 Å². The van der Waals surface area contributed by atoms with Crippen molar-refractivity contribution in [2.45, 2.75) is 0 Å². The van der Waals surface area contributed by atoms with Gasteiger partial charge in [-0.25, -0.2) is 8.78 Å². The molecule has 0 atom stereocenters. The molecule has 1 rings (SSSR count). The summed E-state index contributed by atoms with van der Waals surface area (Å²) in [5, 5.41) is 1.63. The molecule has 1 aromatic carbocycles. The summed E-state index contributed by atoms with van der Waals surface area (Å²) < 4.78 is 24.4. The minimum Gasteiger partial charge on any atom is -0.502 e. The van der Waals surface area contributed by atoms with Crippen LogP contribution in [-0.2, 0) is 0 Å². The van der Waals surface area contributed by atoms with Gasteiger partial charge in [0.15, 0.2) is 5.69 Å². The lowest BCUT2D eigenvalue weighted by Crippen LogP contribution is -2.54. The van der Waals surface area contributed by atoms with E-state index in [1.54, 1.807) is 5.11 Å². The third kappa shape index (κ3) is 1.34. The van der Waals surface area contributed by atoms with Gasteiger partial charge in [-0.3, -0.25) is 5.11 Å². The quantitative estimate of drug-likeness (QED) is 0.560. The molecule has 10 heavy (non-hydrogen) atoms. The van der Waals surface area contributed by atoms with Crippen LogP contribution < -0.4 is 5.11 Å². The molecule has 0 aromatic heterocycles. The van der Waals surface area contributed by atoms with Crippen LogP contribution in [0.15, 0.2) is 18.2 Å². The zero-order chi connectivity index (χ0) is 7.56. The average Bonchev–Trinajstić information content (AvgIpc) is 1.85. The van der Waals surface area contributed by atoms with E-state index in [0.717, 1.165) is 18.2 Å². The Labute approximate surface area is 56.0 Å². The van der Waals surface area contributed by atoms with Crippen LogP contribution in [0.2, 0.25) is 0 Å². The van der Waals surface area contributed by atoms with Crippen LogP contribution in [0.1, 0.15) is 0 Å². The highest BCUT2D eigenvalue weighted by atomic mass is 19.1. The largest absolute Gasteiger partial charge is 0.502 e. The van der Waals surface area contributed by atoms with Crippen LogP contribution in [0.25, 0.3) is 5.53 Å². The van der Waals surface area contributed by atoms with Gasteiger partial charge in [0.2, 0.25) is 0 Å². The normalized spacial score (nSPS) is 9.40. The Balaban J connectivity index is 3.18. The molecular weight excluding hydrogens is 138 g/mol. The predicted molar refractivity (Wildman–Crippen MR) is 30.3 cm³/mol. The maximum Gasteiger partial charge on any atom is 0.198 e. The van der Waals surface area contributed by atoms with E-state index in [2.05, 4.69) is 0 Å². The zero-order valence-electron chi connectivity index (χ0n) is 4.94. The third-order valence-electron chi connectivity index (χ3n) is 0.992. The van der Waals surface area contributed by atoms with Gasteiger partial charge in [-0.1, -0.05) is 0 Å². The van der Waals surface area contributed by atoms with E-state index in [9.17, 15) is 8.78 Å². The molecular formula is C6H4F2N2. The van der Waals surface area contributed by atoms with Gasteiger partial charge in [0.1, 0.15) is 11.6 Å². The first kappa shape index (κ1) is 6.80. The van der Waals surface area contributed by atoms with Crippen LogP contribution in [0, 0.1) is 11.6 Å². The van der Waals surface area contributed by atoms with E-state index in [0.29, 0.717) is 0 Å². The molecule has 0 radical (unpaired) electrons. The Morgan fingerprint density at radius 3 is 2.00 bits per heavy atom. The van der Waals surface area contributed by atoms with E-state index in [-0.39, 0.29) is 5.69 Å². The number of rotatable bonds is 1. The van der Waals surface area contributed by atoms with Crippen LogP contribution in [-0.4, -0.2) is 0 Å². The second-order valence-electron chi connectivity index (χ2n) is 1.77. The Morgan fingerprint density at radius 2 is 1.60 bits per heavy atom. The number of benzene rings is 1. The summed E-state index contributed by atoms with van der Waals surface area (Å²) in [7, 11) is 0. The van der Waals surface area contributed by atoms with Gasteiger partial charge >= 0.3 is 0 Å². The summed E-state index contributed by atoms with van der Waals surface area (Å²) >= 11 is 0. The number of halogens is 2. The molecule has 0 fully saturated rings. The molecule has 0 unspecified atom stereocenters. The molecule has 0 aliphatic carbocycles. The van der Waals surface area contributed by atoms with Crippen LogP contribution in [0.5, 0.6) is 0 Å². The zero-order valence-corrected chi connectivity index (χ0v) is 4.94. The average molecular weight is 142 g/mol. The molecule has 0 amide bonds. The van der Waals surface area contributed by atoms with Gasteiger partial charge in [-0.2, -0.15) is 0 Å². The monoisotopic (exact) mass is 142 g/mol. The van der Waals surface area contributed by atoms with Crippen molar-refractivity contribution in [3.05, 3.63) is 35.4 Å². The fraction of sp³-hybridized carbons (Fsp3) is 0. The highest BCUT2D eigenvalue weighted by molar-refractivity contribution is 5.28. The first-order valence-electron chi connectivity index (χ1n) is 2.58. The van der Waals surface area contributed by atoms with Crippen LogP contribution in [0.3, 0.4) is 0 Å². The molecule has 0 aliphatic heterocycles. The number of hydrogen-bond donors (Lipinski definition) is 1. The summed E-state index contributed by atoms with van der Waals surface area (Å²) in [4.78, 5) is 0. The lowest BCUT2D eigenvalue weighted by Gasteiger charge is -1.89. The van der Waals surface area contributed by atoms with Crippen molar-refractivity contribution < 1.29 is 13.9 Å². The SMILES string of the molecule is [N-]=[NH+]c1cc(F)cc(F)c1. The minimum absolute atomic E-state index is 0.00231. The fourth-order valence-corrected chi connectivity index (χ4v) is 0.618. The minimum atomic E-state index is -0.725. The molecule has 52 valence electrons. The van der Waals surface area contributed by atoms with Crippen molar-refractivity contribution >= 4 is 5.69 Å². The second kappa shape index (κ2) is 2.51. The van der Waals surface area contributed by atoms with Gasteiger partial charge in [0, 0.05) is 18.2 Å². The van der Waals surface area contributed by atoms with Gasteiger partial charge < -0.3 is 5.53 Å². The first-order chi connectivity index (χ1) is 4.72. The molecule has 2 nitrogen and oxygen atoms in total. The highest BCUT2D eigenvalue weighted by Crippen LogP contribution is 2.06. The highest BCUT2D eigenvalue weighted by Gasteiger charge is 1.99. The molecule has 0 saturated carbocycles. The third-order valence-corrected chi connectivity index (χ3v) is 0.992. The lowest BCUT2D eigenvalue weighted by atomic mass is 10.3. The number of nitrogens with one attached hydrogen (secondary N) is 1. The van der Waals surface area contributed by atoms with Crippen molar-refractivity contribution in [1.29, 1.82) is 0 Å². The van der Waals surface area contributed by atoms with Gasteiger partial charge in [0.05, 0.1) is 0 Å². The smallest absolute Gasteiger partial charge is 0.198 e. The summed E-state index contributed by atoms with van der Waals surface area (Å²) in [5.41, 5.74) is 8.20. The summed E-state index contributed by atoms with van der Waals surface area (Å²) in [6, 6.07) is 2.67. The molecule has 0 saturated heterocycles. The molecule has 1 N–H and O–H groups in total. The standard InChI is InChI=1S/C6H4F2N2/c7-4-1-5(8)3-6(2-4)10-9/h1-3,10H. The topological polar surface area (TPSA) is 36.3 Å². The Bertz CT molecular complexity index is 240. The van der Waals surface area contributed by atoms with Crippen LogP contribution >= 0.6 is 0 Å². The van der Waals surface area contributed by atoms with Crippen molar-refractivity contribution in [3.8, 4) is 0 Å². The van der Waals surface area contributed by atoms with E-state index < -0.39 is 11.6 Å². The van der Waals surface area contributed by atoms with E-state index in [1.165, 1.54) is 0 Å². The maximum absolute atomic E-state index is 12.2. The summed E-state index contributed by atoms with van der Waals surface area (Å²) in [5.74, 6) is -1.45. The Morgan fingerprint density at radius 1 is 1.10 bits per heavy atom. The molecule has 0 bridgehead atoms. The number of hydrogen-bond acceptors (Lipinski definition) is 0. The molecule has 0 heterocycles. The molecule has 0 spiro atoms. The van der Waals surface area contributed by atoms with Crippen molar-refractivity contribution in [3.63, 3.8) is 0 Å². The predicted octanol–water partition coefficient (Wildman–Crippen LogP) is 0.698. The summed E-state index contributed by atoms with van der Waals surface area (Å²) in [6.07, 6.45) is 0.